The zero-order valence-corrected chi connectivity index (χ0v) is 17.7. The van der Waals surface area contributed by atoms with E-state index in [1.165, 1.54) is 43.8 Å². The molecule has 3 aromatic carbocycles. The zero-order chi connectivity index (χ0) is 22.6. The number of phenols is 1. The molecule has 3 rings (SSSR count). The number of carbonyl (C=O) groups is 1. The Morgan fingerprint density at radius 2 is 1.58 bits per heavy atom. The third-order valence-electron chi connectivity index (χ3n) is 4.76. The fourth-order valence-electron chi connectivity index (χ4n) is 3.10. The Morgan fingerprint density at radius 3 is 2.13 bits per heavy atom. The number of anilines is 1. The average molecular weight is 442 g/mol. The standard InChI is InChI=1S/C22H22N2O6S/c1-15(22(26)23-27)24(18-4-3-5-20(14-18)30-2)31(28,29)21-12-8-17(9-13-21)16-6-10-19(25)11-7-16/h3-15,25,27H,1-2H3,(H,23,26). The van der Waals surface area contributed by atoms with Crippen LogP contribution < -0.4 is 14.5 Å². The fourth-order valence-corrected chi connectivity index (χ4v) is 4.72. The molecule has 1 atom stereocenters. The van der Waals surface area contributed by atoms with Gasteiger partial charge in [-0.15, -0.1) is 0 Å². The van der Waals surface area contributed by atoms with Crippen molar-refractivity contribution in [3.8, 4) is 22.6 Å². The number of methoxy groups -OCH3 is 1. The molecule has 0 bridgehead atoms. The molecular weight excluding hydrogens is 420 g/mol. The molecule has 0 aliphatic rings. The number of amides is 1. The highest BCUT2D eigenvalue weighted by Gasteiger charge is 2.33. The van der Waals surface area contributed by atoms with Crippen molar-refractivity contribution in [1.29, 1.82) is 0 Å². The highest BCUT2D eigenvalue weighted by atomic mass is 32.2. The van der Waals surface area contributed by atoms with E-state index in [0.717, 1.165) is 15.4 Å². The molecule has 9 heteroatoms. The van der Waals surface area contributed by atoms with Gasteiger partial charge in [0.25, 0.3) is 15.9 Å². The number of nitrogens with one attached hydrogen (secondary N) is 1. The predicted molar refractivity (Wildman–Crippen MR) is 116 cm³/mol. The molecule has 0 aliphatic carbocycles. The second-order valence-corrected chi connectivity index (χ2v) is 8.54. The molecule has 1 unspecified atom stereocenters. The maximum absolute atomic E-state index is 13.5. The number of rotatable bonds is 7. The highest BCUT2D eigenvalue weighted by Crippen LogP contribution is 2.30. The summed E-state index contributed by atoms with van der Waals surface area (Å²) in [5.41, 5.74) is 3.27. The Balaban J connectivity index is 2.04. The Bertz CT molecular complexity index is 1160. The summed E-state index contributed by atoms with van der Waals surface area (Å²) in [5.74, 6) is -0.336. The average Bonchev–Trinajstić information content (AvgIpc) is 2.79. The minimum atomic E-state index is -4.17. The summed E-state index contributed by atoms with van der Waals surface area (Å²) in [5, 5.41) is 18.5. The van der Waals surface area contributed by atoms with Crippen LogP contribution in [0.1, 0.15) is 6.92 Å². The van der Waals surface area contributed by atoms with E-state index in [2.05, 4.69) is 0 Å². The van der Waals surface area contributed by atoms with Gasteiger partial charge < -0.3 is 9.84 Å². The fraction of sp³-hybridized carbons (Fsp3) is 0.136. The lowest BCUT2D eigenvalue weighted by atomic mass is 10.1. The topological polar surface area (TPSA) is 116 Å². The number of nitrogens with zero attached hydrogens (tertiary/aromatic N) is 1. The van der Waals surface area contributed by atoms with E-state index in [1.54, 1.807) is 48.5 Å². The van der Waals surface area contributed by atoms with E-state index >= 15 is 0 Å². The summed E-state index contributed by atoms with van der Waals surface area (Å²) in [6.45, 7) is 1.37. The van der Waals surface area contributed by atoms with Gasteiger partial charge in [0.1, 0.15) is 17.5 Å². The van der Waals surface area contributed by atoms with Gasteiger partial charge in [-0.1, -0.05) is 30.3 Å². The molecule has 162 valence electrons. The Labute approximate surface area is 180 Å². The lowest BCUT2D eigenvalue weighted by Crippen LogP contribution is -2.47. The van der Waals surface area contributed by atoms with Crippen molar-refractivity contribution in [1.82, 2.24) is 5.48 Å². The van der Waals surface area contributed by atoms with Gasteiger partial charge in [0.15, 0.2) is 0 Å². The lowest BCUT2D eigenvalue weighted by Gasteiger charge is -2.29. The molecule has 3 aromatic rings. The molecule has 8 nitrogen and oxygen atoms in total. The van der Waals surface area contributed by atoms with Gasteiger partial charge in [-0.2, -0.15) is 0 Å². The molecule has 1 amide bonds. The molecule has 0 saturated carbocycles. The summed E-state index contributed by atoms with van der Waals surface area (Å²) >= 11 is 0. The van der Waals surface area contributed by atoms with Crippen LogP contribution in [0.5, 0.6) is 11.5 Å². The number of phenolic OH excluding ortho intramolecular Hbond substituents is 1. The molecule has 0 heterocycles. The number of aromatic hydroxyl groups is 1. The maximum Gasteiger partial charge on any atom is 0.266 e. The quantitative estimate of drug-likeness (QED) is 0.382. The van der Waals surface area contributed by atoms with Gasteiger partial charge in [-0.25, -0.2) is 13.9 Å². The summed E-state index contributed by atoms with van der Waals surface area (Å²) in [4.78, 5) is 12.1. The molecule has 31 heavy (non-hydrogen) atoms. The minimum Gasteiger partial charge on any atom is -0.508 e. The lowest BCUT2D eigenvalue weighted by molar-refractivity contribution is -0.129. The van der Waals surface area contributed by atoms with E-state index in [-0.39, 0.29) is 16.3 Å². The van der Waals surface area contributed by atoms with Crippen LogP contribution in [-0.4, -0.2) is 37.8 Å². The van der Waals surface area contributed by atoms with Crippen LogP contribution in [-0.2, 0) is 14.8 Å². The number of hydroxylamine groups is 1. The predicted octanol–water partition coefficient (Wildman–Crippen LogP) is 3.16. The van der Waals surface area contributed by atoms with Crippen LogP contribution in [0.2, 0.25) is 0 Å². The van der Waals surface area contributed by atoms with E-state index in [1.807, 2.05) is 0 Å². The SMILES string of the molecule is COc1cccc(N(C(C)C(=O)NO)S(=O)(=O)c2ccc(-c3ccc(O)cc3)cc2)c1. The van der Waals surface area contributed by atoms with Crippen LogP contribution in [0.4, 0.5) is 5.69 Å². The molecular formula is C22H22N2O6S. The monoisotopic (exact) mass is 442 g/mol. The van der Waals surface area contributed by atoms with Crippen molar-refractivity contribution in [3.05, 3.63) is 72.8 Å². The first-order valence-electron chi connectivity index (χ1n) is 9.30. The van der Waals surface area contributed by atoms with Crippen molar-refractivity contribution >= 4 is 21.6 Å². The van der Waals surface area contributed by atoms with Gasteiger partial charge in [0.2, 0.25) is 0 Å². The summed E-state index contributed by atoms with van der Waals surface area (Å²) in [6.07, 6.45) is 0. The number of ether oxygens (including phenoxy) is 1. The van der Waals surface area contributed by atoms with Crippen LogP contribution in [0.25, 0.3) is 11.1 Å². The normalized spacial score (nSPS) is 12.1. The number of carbonyl (C=O) groups excluding carboxylic acids is 1. The van der Waals surface area contributed by atoms with Crippen molar-refractivity contribution < 1.29 is 28.3 Å². The van der Waals surface area contributed by atoms with Crippen LogP contribution >= 0.6 is 0 Å². The van der Waals surface area contributed by atoms with E-state index < -0.39 is 22.0 Å². The van der Waals surface area contributed by atoms with Gasteiger partial charge in [-0.3, -0.25) is 14.3 Å². The molecule has 0 aromatic heterocycles. The number of hydrogen-bond acceptors (Lipinski definition) is 6. The Morgan fingerprint density at radius 1 is 1.00 bits per heavy atom. The first-order valence-corrected chi connectivity index (χ1v) is 10.7. The van der Waals surface area contributed by atoms with Crippen molar-refractivity contribution in [3.63, 3.8) is 0 Å². The first-order chi connectivity index (χ1) is 14.8. The van der Waals surface area contributed by atoms with E-state index in [9.17, 15) is 18.3 Å². The molecule has 0 fully saturated rings. The highest BCUT2D eigenvalue weighted by molar-refractivity contribution is 7.93. The molecule has 0 saturated heterocycles. The molecule has 0 spiro atoms. The number of sulfonamides is 1. The third-order valence-corrected chi connectivity index (χ3v) is 6.67. The third kappa shape index (κ3) is 4.62. The smallest absolute Gasteiger partial charge is 0.266 e. The maximum atomic E-state index is 13.5. The van der Waals surface area contributed by atoms with Crippen molar-refractivity contribution in [2.75, 3.05) is 11.4 Å². The number of benzene rings is 3. The van der Waals surface area contributed by atoms with Crippen molar-refractivity contribution in [2.45, 2.75) is 17.9 Å². The van der Waals surface area contributed by atoms with Crippen molar-refractivity contribution in [2.24, 2.45) is 0 Å². The summed E-state index contributed by atoms with van der Waals surface area (Å²) in [7, 11) is -2.73. The van der Waals surface area contributed by atoms with Gasteiger partial charge >= 0.3 is 0 Å². The van der Waals surface area contributed by atoms with Crippen LogP contribution in [0, 0.1) is 0 Å². The van der Waals surface area contributed by atoms with E-state index in [4.69, 9.17) is 9.94 Å². The van der Waals surface area contributed by atoms with Crippen LogP contribution in [0.3, 0.4) is 0 Å². The molecule has 3 N–H and O–H groups in total. The van der Waals surface area contributed by atoms with Gasteiger partial charge in [0, 0.05) is 6.07 Å². The first kappa shape index (κ1) is 22.1. The second kappa shape index (κ2) is 9.07. The summed E-state index contributed by atoms with van der Waals surface area (Å²) in [6, 6.07) is 17.7. The minimum absolute atomic E-state index is 0.0320. The Kier molecular flexibility index (Phi) is 6.47. The van der Waals surface area contributed by atoms with Gasteiger partial charge in [0.05, 0.1) is 17.7 Å². The molecule has 0 radical (unpaired) electrons. The largest absolute Gasteiger partial charge is 0.508 e. The summed E-state index contributed by atoms with van der Waals surface area (Å²) < 4.78 is 33.1. The van der Waals surface area contributed by atoms with Gasteiger partial charge in [-0.05, 0) is 54.4 Å². The zero-order valence-electron chi connectivity index (χ0n) is 16.9. The molecule has 0 aliphatic heterocycles. The second-order valence-electron chi connectivity index (χ2n) is 6.73. The van der Waals surface area contributed by atoms with Crippen LogP contribution in [0.15, 0.2) is 77.7 Å². The Hall–Kier alpha value is -3.56. The number of hydrogen-bond donors (Lipinski definition) is 3. The van der Waals surface area contributed by atoms with E-state index in [0.29, 0.717) is 5.75 Å².